The van der Waals surface area contributed by atoms with Crippen LogP contribution >= 0.6 is 11.6 Å². The van der Waals surface area contributed by atoms with Crippen LogP contribution in [0.15, 0.2) is 72.3 Å². The summed E-state index contributed by atoms with van der Waals surface area (Å²) in [5.41, 5.74) is 0.797. The molecule has 0 aliphatic carbocycles. The Morgan fingerprint density at radius 2 is 1.91 bits per heavy atom. The molecule has 0 fully saturated rings. The van der Waals surface area contributed by atoms with Crippen molar-refractivity contribution in [3.63, 3.8) is 0 Å². The molecule has 0 bridgehead atoms. The number of ether oxygens (including phenoxy) is 2. The van der Waals surface area contributed by atoms with E-state index in [-0.39, 0.29) is 22.0 Å². The van der Waals surface area contributed by atoms with Gasteiger partial charge in [-0.2, -0.15) is 5.26 Å². The molecule has 9 heteroatoms. The Bertz CT molecular complexity index is 1250. The molecule has 0 aromatic heterocycles. The van der Waals surface area contributed by atoms with Crippen LogP contribution in [0, 0.1) is 21.4 Å². The van der Waals surface area contributed by atoms with Gasteiger partial charge in [0.15, 0.2) is 11.5 Å². The molecule has 0 heterocycles. The number of hydrogen-bond donors (Lipinski definition) is 1. The van der Waals surface area contributed by atoms with Gasteiger partial charge in [-0.3, -0.25) is 14.9 Å². The number of benzene rings is 3. The van der Waals surface area contributed by atoms with Gasteiger partial charge in [0.1, 0.15) is 23.9 Å². The van der Waals surface area contributed by atoms with Crippen LogP contribution < -0.4 is 14.8 Å². The number of nitro benzene ring substituents is 1. The lowest BCUT2D eigenvalue weighted by atomic mass is 10.1. The Labute approximate surface area is 194 Å². The number of amides is 1. The number of nitriles is 1. The van der Waals surface area contributed by atoms with Crippen molar-refractivity contribution in [2.45, 2.75) is 6.61 Å². The minimum Gasteiger partial charge on any atom is -0.493 e. The van der Waals surface area contributed by atoms with Crippen LogP contribution in [-0.4, -0.2) is 17.9 Å². The quantitative estimate of drug-likeness (QED) is 0.207. The van der Waals surface area contributed by atoms with E-state index in [2.05, 4.69) is 5.32 Å². The number of carbonyl (C=O) groups is 1. The number of hydrogen-bond acceptors (Lipinski definition) is 6. The second-order valence-corrected chi connectivity index (χ2v) is 7.16. The second-order valence-electron chi connectivity index (χ2n) is 6.73. The third-order valence-electron chi connectivity index (χ3n) is 4.51. The van der Waals surface area contributed by atoms with Gasteiger partial charge in [0.25, 0.3) is 11.6 Å². The van der Waals surface area contributed by atoms with E-state index >= 15 is 0 Å². The first-order valence-electron chi connectivity index (χ1n) is 9.63. The second kappa shape index (κ2) is 10.8. The maximum absolute atomic E-state index is 12.6. The first kappa shape index (κ1) is 23.3. The monoisotopic (exact) mass is 463 g/mol. The molecule has 0 saturated heterocycles. The normalized spacial score (nSPS) is 10.8. The molecule has 0 spiro atoms. The number of rotatable bonds is 8. The summed E-state index contributed by atoms with van der Waals surface area (Å²) < 4.78 is 11.2. The average molecular weight is 464 g/mol. The molecule has 0 radical (unpaired) electrons. The van der Waals surface area contributed by atoms with Crippen molar-refractivity contribution in [3.8, 4) is 17.6 Å². The van der Waals surface area contributed by atoms with Crippen LogP contribution in [0.4, 0.5) is 11.4 Å². The standard InChI is InChI=1S/C24H18ClN3O5/c1-32-23-12-17(7-10-22(23)33-15-16-5-3-2-4-6-16)11-18(14-26)24(29)27-20-9-8-19(25)13-21(20)28(30)31/h2-13H,15H2,1H3,(H,27,29). The van der Waals surface area contributed by atoms with Gasteiger partial charge in [0, 0.05) is 11.1 Å². The highest BCUT2D eigenvalue weighted by atomic mass is 35.5. The van der Waals surface area contributed by atoms with Crippen LogP contribution in [0.5, 0.6) is 11.5 Å². The van der Waals surface area contributed by atoms with E-state index in [1.807, 2.05) is 36.4 Å². The van der Waals surface area contributed by atoms with E-state index in [4.69, 9.17) is 21.1 Å². The minimum absolute atomic E-state index is 0.0715. The Hall–Kier alpha value is -4.35. The number of carbonyl (C=O) groups excluding carboxylic acids is 1. The molecule has 1 N–H and O–H groups in total. The van der Waals surface area contributed by atoms with E-state index in [1.165, 1.54) is 25.3 Å². The van der Waals surface area contributed by atoms with Crippen LogP contribution in [0.25, 0.3) is 6.08 Å². The Morgan fingerprint density at radius 3 is 2.58 bits per heavy atom. The van der Waals surface area contributed by atoms with Gasteiger partial charge in [-0.25, -0.2) is 0 Å². The van der Waals surface area contributed by atoms with Gasteiger partial charge in [0.2, 0.25) is 0 Å². The number of methoxy groups -OCH3 is 1. The number of anilines is 1. The average Bonchev–Trinajstić information content (AvgIpc) is 2.83. The predicted molar refractivity (Wildman–Crippen MR) is 124 cm³/mol. The molecule has 3 aromatic carbocycles. The van der Waals surface area contributed by atoms with Crippen LogP contribution in [-0.2, 0) is 11.4 Å². The van der Waals surface area contributed by atoms with Crippen LogP contribution in [0.3, 0.4) is 0 Å². The zero-order valence-corrected chi connectivity index (χ0v) is 18.2. The van der Waals surface area contributed by atoms with Crippen LogP contribution in [0.1, 0.15) is 11.1 Å². The highest BCUT2D eigenvalue weighted by molar-refractivity contribution is 6.31. The molecule has 33 heavy (non-hydrogen) atoms. The fraction of sp³-hybridized carbons (Fsp3) is 0.0833. The molecule has 0 aliphatic heterocycles. The van der Waals surface area contributed by atoms with Crippen molar-refractivity contribution in [1.82, 2.24) is 0 Å². The molecule has 8 nitrogen and oxygen atoms in total. The van der Waals surface area contributed by atoms with Gasteiger partial charge in [0.05, 0.1) is 12.0 Å². The molecule has 166 valence electrons. The summed E-state index contributed by atoms with van der Waals surface area (Å²) in [5, 5.41) is 23.2. The summed E-state index contributed by atoms with van der Waals surface area (Å²) in [5.74, 6) is 0.121. The molecule has 0 saturated carbocycles. The zero-order chi connectivity index (χ0) is 23.8. The lowest BCUT2D eigenvalue weighted by Gasteiger charge is -2.11. The van der Waals surface area contributed by atoms with Crippen molar-refractivity contribution in [2.24, 2.45) is 0 Å². The number of halogens is 1. The highest BCUT2D eigenvalue weighted by Crippen LogP contribution is 2.31. The molecule has 0 aliphatic rings. The number of nitrogens with one attached hydrogen (secondary N) is 1. The van der Waals surface area contributed by atoms with Crippen molar-refractivity contribution >= 4 is 35.0 Å². The zero-order valence-electron chi connectivity index (χ0n) is 17.4. The predicted octanol–water partition coefficient (Wildman–Crippen LogP) is 5.38. The van der Waals surface area contributed by atoms with Crippen molar-refractivity contribution < 1.29 is 19.2 Å². The highest BCUT2D eigenvalue weighted by Gasteiger charge is 2.19. The molecule has 0 unspecified atom stereocenters. The summed E-state index contributed by atoms with van der Waals surface area (Å²) in [7, 11) is 1.48. The molecule has 3 rings (SSSR count). The summed E-state index contributed by atoms with van der Waals surface area (Å²) in [6, 6.07) is 20.2. The Morgan fingerprint density at radius 1 is 1.15 bits per heavy atom. The molecular weight excluding hydrogens is 446 g/mol. The fourth-order valence-electron chi connectivity index (χ4n) is 2.89. The summed E-state index contributed by atoms with van der Waals surface area (Å²) in [6.07, 6.45) is 1.35. The number of nitro groups is 1. The van der Waals surface area contributed by atoms with Gasteiger partial charge in [-0.05, 0) is 41.5 Å². The Balaban J connectivity index is 1.80. The van der Waals surface area contributed by atoms with Crippen molar-refractivity contribution in [1.29, 1.82) is 5.26 Å². The molecule has 1 amide bonds. The lowest BCUT2D eigenvalue weighted by molar-refractivity contribution is -0.383. The summed E-state index contributed by atoms with van der Waals surface area (Å²) in [4.78, 5) is 23.1. The van der Waals surface area contributed by atoms with E-state index in [1.54, 1.807) is 18.2 Å². The van der Waals surface area contributed by atoms with Crippen LogP contribution in [0.2, 0.25) is 5.02 Å². The summed E-state index contributed by atoms with van der Waals surface area (Å²) >= 11 is 5.79. The van der Waals surface area contributed by atoms with E-state index in [0.29, 0.717) is 23.7 Å². The van der Waals surface area contributed by atoms with E-state index in [9.17, 15) is 20.2 Å². The molecular formula is C24H18ClN3O5. The molecule has 3 aromatic rings. The Kier molecular flexibility index (Phi) is 7.63. The van der Waals surface area contributed by atoms with E-state index < -0.39 is 10.8 Å². The topological polar surface area (TPSA) is 114 Å². The minimum atomic E-state index is -0.800. The third kappa shape index (κ3) is 6.09. The maximum Gasteiger partial charge on any atom is 0.294 e. The third-order valence-corrected chi connectivity index (χ3v) is 4.74. The molecule has 0 atom stereocenters. The van der Waals surface area contributed by atoms with Gasteiger partial charge >= 0.3 is 0 Å². The first-order chi connectivity index (χ1) is 15.9. The first-order valence-corrected chi connectivity index (χ1v) is 10.0. The fourth-order valence-corrected chi connectivity index (χ4v) is 3.06. The van der Waals surface area contributed by atoms with Gasteiger partial charge in [-0.1, -0.05) is 48.0 Å². The largest absolute Gasteiger partial charge is 0.493 e. The lowest BCUT2D eigenvalue weighted by Crippen LogP contribution is -2.14. The van der Waals surface area contributed by atoms with Crippen molar-refractivity contribution in [3.05, 3.63) is 98.6 Å². The maximum atomic E-state index is 12.6. The smallest absolute Gasteiger partial charge is 0.294 e. The SMILES string of the molecule is COc1cc(C=C(C#N)C(=O)Nc2ccc(Cl)cc2[N+](=O)[O-])ccc1OCc1ccccc1. The van der Waals surface area contributed by atoms with Gasteiger partial charge < -0.3 is 14.8 Å². The van der Waals surface area contributed by atoms with Crippen molar-refractivity contribution in [2.75, 3.05) is 12.4 Å². The van der Waals surface area contributed by atoms with E-state index in [0.717, 1.165) is 11.6 Å². The summed E-state index contributed by atoms with van der Waals surface area (Å²) in [6.45, 7) is 0.345. The van der Waals surface area contributed by atoms with Gasteiger partial charge in [-0.15, -0.1) is 0 Å². The number of nitrogens with zero attached hydrogens (tertiary/aromatic N) is 2.